The van der Waals surface area contributed by atoms with E-state index in [0.717, 1.165) is 6.42 Å². The second-order valence-electron chi connectivity index (χ2n) is 6.58. The molecule has 2 atom stereocenters. The minimum absolute atomic E-state index is 0.0261. The summed E-state index contributed by atoms with van der Waals surface area (Å²) in [6.45, 7) is 0. The Morgan fingerprint density at radius 3 is 2.48 bits per heavy atom. The Balaban J connectivity index is 1.57. The van der Waals surface area contributed by atoms with E-state index in [0.29, 0.717) is 30.1 Å². The highest BCUT2D eigenvalue weighted by molar-refractivity contribution is 5.86. The molecule has 0 saturated carbocycles. The third-order valence-electron chi connectivity index (χ3n) is 5.09. The molecular weight excluding hydrogens is 282 g/mol. The van der Waals surface area contributed by atoms with Gasteiger partial charge in [0.05, 0.1) is 5.92 Å². The van der Waals surface area contributed by atoms with E-state index in [4.69, 9.17) is 0 Å². The normalized spacial score (nSPS) is 25.7. The molecule has 0 bridgehead atoms. The number of carbonyl (C=O) groups is 1. The number of nitrogens with one attached hydrogen (secondary N) is 1. The monoisotopic (exact) mass is 303 g/mol. The van der Waals surface area contributed by atoms with Crippen LogP contribution in [-0.4, -0.2) is 11.8 Å². The highest BCUT2D eigenvalue weighted by Gasteiger charge is 2.32. The van der Waals surface area contributed by atoms with E-state index in [-0.39, 0.29) is 5.92 Å². The zero-order valence-corrected chi connectivity index (χ0v) is 13.1. The van der Waals surface area contributed by atoms with Gasteiger partial charge in [0.25, 0.3) is 0 Å². The van der Waals surface area contributed by atoms with Crippen LogP contribution in [-0.2, 0) is 4.79 Å². The molecule has 1 heterocycles. The SMILES string of the molecule is O=C(CC1CC(C2C=CC=C2)Nc2ccccc21)C1C=CC=C1. The summed E-state index contributed by atoms with van der Waals surface area (Å²) >= 11 is 0. The maximum Gasteiger partial charge on any atom is 0.144 e. The Labute approximate surface area is 137 Å². The molecule has 1 aliphatic heterocycles. The van der Waals surface area contributed by atoms with Crippen LogP contribution in [0.4, 0.5) is 5.69 Å². The Morgan fingerprint density at radius 2 is 1.70 bits per heavy atom. The van der Waals surface area contributed by atoms with Crippen molar-refractivity contribution >= 4 is 11.5 Å². The van der Waals surface area contributed by atoms with Crippen molar-refractivity contribution in [2.75, 3.05) is 5.32 Å². The van der Waals surface area contributed by atoms with E-state index < -0.39 is 0 Å². The molecule has 0 aromatic heterocycles. The third kappa shape index (κ3) is 2.81. The van der Waals surface area contributed by atoms with Crippen molar-refractivity contribution in [3.05, 3.63) is 78.4 Å². The zero-order valence-electron chi connectivity index (χ0n) is 13.1. The van der Waals surface area contributed by atoms with Crippen molar-refractivity contribution < 1.29 is 4.79 Å². The van der Waals surface area contributed by atoms with Crippen LogP contribution < -0.4 is 5.32 Å². The Morgan fingerprint density at radius 1 is 1.00 bits per heavy atom. The molecule has 1 aromatic carbocycles. The van der Waals surface area contributed by atoms with Crippen LogP contribution in [0.25, 0.3) is 0 Å². The first-order valence-electron chi connectivity index (χ1n) is 8.39. The van der Waals surface area contributed by atoms with Crippen LogP contribution in [0.2, 0.25) is 0 Å². The summed E-state index contributed by atoms with van der Waals surface area (Å²) in [6, 6.07) is 8.81. The predicted octanol–water partition coefficient (Wildman–Crippen LogP) is 4.40. The molecule has 23 heavy (non-hydrogen) atoms. The molecule has 116 valence electrons. The first-order chi connectivity index (χ1) is 11.3. The lowest BCUT2D eigenvalue weighted by Crippen LogP contribution is -2.34. The van der Waals surface area contributed by atoms with Crippen molar-refractivity contribution in [1.82, 2.24) is 0 Å². The number of Topliss-reactive ketones (excluding diaryl/α,β-unsaturated/α-hetero) is 1. The number of allylic oxidation sites excluding steroid dienone is 6. The number of ketones is 1. The summed E-state index contributed by atoms with van der Waals surface area (Å²) < 4.78 is 0. The first-order valence-corrected chi connectivity index (χ1v) is 8.39. The van der Waals surface area contributed by atoms with Crippen molar-refractivity contribution in [3.63, 3.8) is 0 Å². The maximum atomic E-state index is 12.6. The average molecular weight is 303 g/mol. The Bertz CT molecular complexity index is 701. The number of para-hydroxylation sites is 1. The quantitative estimate of drug-likeness (QED) is 0.893. The van der Waals surface area contributed by atoms with Gasteiger partial charge in [-0.25, -0.2) is 0 Å². The molecule has 1 N–H and O–H groups in total. The van der Waals surface area contributed by atoms with Gasteiger partial charge in [-0.2, -0.15) is 0 Å². The molecule has 0 radical (unpaired) electrons. The zero-order chi connectivity index (χ0) is 15.6. The minimum Gasteiger partial charge on any atom is -0.381 e. The molecule has 0 spiro atoms. The number of hydrogen-bond donors (Lipinski definition) is 1. The van der Waals surface area contributed by atoms with E-state index in [1.165, 1.54) is 11.3 Å². The molecule has 2 heteroatoms. The van der Waals surface area contributed by atoms with Gasteiger partial charge in [0.15, 0.2) is 0 Å². The third-order valence-corrected chi connectivity index (χ3v) is 5.09. The molecular formula is C21H21NO. The fourth-order valence-electron chi connectivity index (χ4n) is 3.87. The van der Waals surface area contributed by atoms with E-state index in [1.54, 1.807) is 0 Å². The van der Waals surface area contributed by atoms with Crippen LogP contribution in [0.5, 0.6) is 0 Å². The van der Waals surface area contributed by atoms with Gasteiger partial charge in [0, 0.05) is 24.1 Å². The van der Waals surface area contributed by atoms with E-state index in [1.807, 2.05) is 24.3 Å². The van der Waals surface area contributed by atoms with Crippen molar-refractivity contribution in [2.45, 2.75) is 24.8 Å². The highest BCUT2D eigenvalue weighted by Crippen LogP contribution is 2.40. The van der Waals surface area contributed by atoms with Crippen molar-refractivity contribution in [3.8, 4) is 0 Å². The highest BCUT2D eigenvalue weighted by atomic mass is 16.1. The summed E-state index contributed by atoms with van der Waals surface area (Å²) in [5.41, 5.74) is 2.47. The molecule has 2 aliphatic carbocycles. The van der Waals surface area contributed by atoms with Crippen molar-refractivity contribution in [2.24, 2.45) is 11.8 Å². The number of rotatable bonds is 4. The van der Waals surface area contributed by atoms with Gasteiger partial charge in [-0.05, 0) is 24.0 Å². The summed E-state index contributed by atoms with van der Waals surface area (Å²) in [6.07, 6.45) is 18.3. The van der Waals surface area contributed by atoms with E-state index in [9.17, 15) is 4.79 Å². The number of anilines is 1. The lowest BCUT2D eigenvalue weighted by Gasteiger charge is -2.35. The number of carbonyl (C=O) groups excluding carboxylic acids is 1. The van der Waals surface area contributed by atoms with Crippen LogP contribution in [0.3, 0.4) is 0 Å². The predicted molar refractivity (Wildman–Crippen MR) is 94.4 cm³/mol. The summed E-state index contributed by atoms with van der Waals surface area (Å²) in [4.78, 5) is 12.6. The van der Waals surface area contributed by atoms with Crippen LogP contribution in [0.15, 0.2) is 72.9 Å². The molecule has 0 saturated heterocycles. The van der Waals surface area contributed by atoms with Gasteiger partial charge in [0.1, 0.15) is 5.78 Å². The summed E-state index contributed by atoms with van der Waals surface area (Å²) in [5, 5.41) is 3.67. The standard InChI is InChI=1S/C21H21NO/c23-21(16-9-3-4-10-16)14-17-13-20(15-7-1-2-8-15)22-19-12-6-5-11-18(17)19/h1-12,15-17,20,22H,13-14H2. The average Bonchev–Trinajstić information content (AvgIpc) is 3.28. The molecule has 0 amide bonds. The molecule has 2 unspecified atom stereocenters. The molecule has 1 aromatic rings. The lowest BCUT2D eigenvalue weighted by molar-refractivity contribution is -0.120. The van der Waals surface area contributed by atoms with E-state index in [2.05, 4.69) is 53.9 Å². The Kier molecular flexibility index (Phi) is 3.74. The van der Waals surface area contributed by atoms with Crippen LogP contribution >= 0.6 is 0 Å². The minimum atomic E-state index is -0.0261. The fourth-order valence-corrected chi connectivity index (χ4v) is 3.87. The fraction of sp³-hybridized carbons (Fsp3) is 0.286. The second kappa shape index (κ2) is 6.04. The number of benzene rings is 1. The van der Waals surface area contributed by atoms with Gasteiger partial charge in [-0.3, -0.25) is 4.79 Å². The molecule has 2 nitrogen and oxygen atoms in total. The summed E-state index contributed by atoms with van der Waals surface area (Å²) in [5.74, 6) is 1.02. The first kappa shape index (κ1) is 14.3. The van der Waals surface area contributed by atoms with Gasteiger partial charge in [-0.15, -0.1) is 0 Å². The van der Waals surface area contributed by atoms with Crippen molar-refractivity contribution in [1.29, 1.82) is 0 Å². The number of fused-ring (bicyclic) bond motifs is 1. The largest absolute Gasteiger partial charge is 0.381 e. The van der Waals surface area contributed by atoms with Gasteiger partial charge < -0.3 is 5.32 Å². The summed E-state index contributed by atoms with van der Waals surface area (Å²) in [7, 11) is 0. The molecule has 0 fully saturated rings. The Hall–Kier alpha value is -2.35. The van der Waals surface area contributed by atoms with Crippen LogP contribution in [0, 0.1) is 11.8 Å². The maximum absolute atomic E-state index is 12.6. The van der Waals surface area contributed by atoms with Gasteiger partial charge in [-0.1, -0.05) is 66.8 Å². The molecule has 3 aliphatic rings. The second-order valence-corrected chi connectivity index (χ2v) is 6.58. The van der Waals surface area contributed by atoms with Gasteiger partial charge in [0.2, 0.25) is 0 Å². The topological polar surface area (TPSA) is 29.1 Å². The van der Waals surface area contributed by atoms with E-state index >= 15 is 0 Å². The smallest absolute Gasteiger partial charge is 0.144 e. The van der Waals surface area contributed by atoms with Crippen LogP contribution in [0.1, 0.15) is 24.3 Å². The number of hydrogen-bond acceptors (Lipinski definition) is 2. The lowest BCUT2D eigenvalue weighted by atomic mass is 9.79. The van der Waals surface area contributed by atoms with Gasteiger partial charge >= 0.3 is 0 Å². The molecule has 4 rings (SSSR count).